The fourth-order valence-corrected chi connectivity index (χ4v) is 3.92. The number of benzene rings is 3. The number of nitrogens with one attached hydrogen (secondary N) is 1. The molecule has 0 bridgehead atoms. The molecule has 0 spiro atoms. The second-order valence-electron chi connectivity index (χ2n) is 7.84. The first kappa shape index (κ1) is 22.8. The van der Waals surface area contributed by atoms with Crippen LogP contribution in [0.2, 0.25) is 0 Å². The first-order valence-corrected chi connectivity index (χ1v) is 10.8. The molecule has 1 amide bonds. The van der Waals surface area contributed by atoms with Crippen molar-refractivity contribution in [3.63, 3.8) is 0 Å². The van der Waals surface area contributed by atoms with Crippen LogP contribution in [0.5, 0.6) is 17.4 Å². The van der Waals surface area contributed by atoms with Crippen molar-refractivity contribution < 1.29 is 19.4 Å². The summed E-state index contributed by atoms with van der Waals surface area (Å²) >= 11 is 0. The topological polar surface area (TPSA) is 102 Å². The van der Waals surface area contributed by atoms with Crippen molar-refractivity contribution >= 4 is 28.2 Å². The van der Waals surface area contributed by atoms with Crippen LogP contribution in [0.4, 0.5) is 11.4 Å². The Kier molecular flexibility index (Phi) is 6.77. The maximum atomic E-state index is 12.4. The van der Waals surface area contributed by atoms with Gasteiger partial charge in [-0.05, 0) is 53.1 Å². The van der Waals surface area contributed by atoms with Crippen LogP contribution < -0.4 is 14.8 Å². The Morgan fingerprint density at radius 2 is 1.68 bits per heavy atom. The number of aromatic nitrogens is 1. The average molecular weight is 460 g/mol. The van der Waals surface area contributed by atoms with Gasteiger partial charge in [-0.2, -0.15) is 0 Å². The summed E-state index contributed by atoms with van der Waals surface area (Å²) in [6.45, 7) is 0.258. The first-order valence-electron chi connectivity index (χ1n) is 10.8. The molecule has 2 N–H and O–H groups in total. The molecule has 0 saturated heterocycles. The molecule has 1 aromatic heterocycles. The second-order valence-corrected chi connectivity index (χ2v) is 7.84. The molecule has 4 aromatic rings. The van der Waals surface area contributed by atoms with Crippen LogP contribution >= 0.6 is 0 Å². The van der Waals surface area contributed by atoms with Gasteiger partial charge in [0.2, 0.25) is 11.8 Å². The van der Waals surface area contributed by atoms with E-state index in [0.29, 0.717) is 40.9 Å². The Morgan fingerprint density at radius 1 is 0.971 bits per heavy atom. The van der Waals surface area contributed by atoms with Crippen molar-refractivity contribution in [1.29, 1.82) is 0 Å². The van der Waals surface area contributed by atoms with Crippen LogP contribution in [-0.4, -0.2) is 29.8 Å². The number of methoxy groups -OCH3 is 2. The second kappa shape index (κ2) is 10.1. The molecule has 4 rings (SSSR count). The van der Waals surface area contributed by atoms with Gasteiger partial charge in [0, 0.05) is 23.6 Å². The minimum atomic E-state index is -0.251. The third kappa shape index (κ3) is 4.85. The molecule has 1 heterocycles. The molecular weight excluding hydrogens is 434 g/mol. The summed E-state index contributed by atoms with van der Waals surface area (Å²) in [5, 5.41) is 17.1. The van der Waals surface area contributed by atoms with E-state index in [0.717, 1.165) is 11.1 Å². The van der Waals surface area contributed by atoms with Gasteiger partial charge >= 0.3 is 0 Å². The Labute approximate surface area is 196 Å². The molecule has 3 aromatic carbocycles. The van der Waals surface area contributed by atoms with E-state index in [1.54, 1.807) is 43.1 Å². The Bertz CT molecular complexity index is 1310. The number of anilines is 1. The van der Waals surface area contributed by atoms with E-state index in [1.165, 1.54) is 0 Å². The SMILES string of the molecule is COc1cc(Cn2c(O)c(N=O)c3cc(NC(=O)CCc4ccccc4)ccc32)cc(OC)c1. The van der Waals surface area contributed by atoms with Crippen molar-refractivity contribution in [3.8, 4) is 17.4 Å². The highest BCUT2D eigenvalue weighted by Crippen LogP contribution is 2.40. The molecule has 8 nitrogen and oxygen atoms in total. The Hall–Kier alpha value is -4.33. The molecule has 0 aliphatic rings. The van der Waals surface area contributed by atoms with Crippen molar-refractivity contribution in [2.75, 3.05) is 19.5 Å². The summed E-state index contributed by atoms with van der Waals surface area (Å²) in [4.78, 5) is 24.0. The first-order chi connectivity index (χ1) is 16.5. The van der Waals surface area contributed by atoms with E-state index in [2.05, 4.69) is 10.5 Å². The van der Waals surface area contributed by atoms with E-state index < -0.39 is 0 Å². The highest BCUT2D eigenvalue weighted by molar-refractivity contribution is 6.00. The molecule has 0 fully saturated rings. The van der Waals surface area contributed by atoms with Crippen molar-refractivity contribution in [3.05, 3.63) is 82.8 Å². The zero-order valence-corrected chi connectivity index (χ0v) is 18.9. The molecule has 0 saturated carbocycles. The minimum absolute atomic E-state index is 0.0785. The number of amides is 1. The van der Waals surface area contributed by atoms with E-state index in [9.17, 15) is 14.8 Å². The summed E-state index contributed by atoms with van der Waals surface area (Å²) in [7, 11) is 3.12. The van der Waals surface area contributed by atoms with Gasteiger partial charge in [-0.25, -0.2) is 0 Å². The highest BCUT2D eigenvalue weighted by atomic mass is 16.5. The minimum Gasteiger partial charge on any atom is -0.497 e. The fraction of sp³-hybridized carbons (Fsp3) is 0.192. The van der Waals surface area contributed by atoms with Crippen LogP contribution in [-0.2, 0) is 17.8 Å². The number of aromatic hydroxyl groups is 1. The van der Waals surface area contributed by atoms with Crippen molar-refractivity contribution in [2.45, 2.75) is 19.4 Å². The summed E-state index contributed by atoms with van der Waals surface area (Å²) in [6, 6.07) is 20.3. The van der Waals surface area contributed by atoms with Crippen molar-refractivity contribution in [1.82, 2.24) is 4.57 Å². The van der Waals surface area contributed by atoms with Crippen LogP contribution in [0, 0.1) is 4.91 Å². The molecule has 0 aliphatic heterocycles. The molecule has 0 unspecified atom stereocenters. The average Bonchev–Trinajstić information content (AvgIpc) is 3.12. The predicted molar refractivity (Wildman–Crippen MR) is 131 cm³/mol. The number of ether oxygens (including phenoxy) is 2. The molecular formula is C26H25N3O5. The number of rotatable bonds is 9. The molecule has 174 valence electrons. The molecule has 0 radical (unpaired) electrons. The van der Waals surface area contributed by atoms with Gasteiger partial charge in [0.15, 0.2) is 5.69 Å². The number of carbonyl (C=O) groups is 1. The summed E-state index contributed by atoms with van der Waals surface area (Å²) in [5.41, 5.74) is 2.94. The number of nitroso groups, excluding NO2 is 1. The van der Waals surface area contributed by atoms with Gasteiger partial charge in [-0.3, -0.25) is 4.79 Å². The van der Waals surface area contributed by atoms with Crippen molar-refractivity contribution in [2.24, 2.45) is 5.18 Å². The third-order valence-corrected chi connectivity index (χ3v) is 5.62. The van der Waals surface area contributed by atoms with Crippen LogP contribution in [0.3, 0.4) is 0 Å². The maximum absolute atomic E-state index is 12.4. The smallest absolute Gasteiger partial charge is 0.224 e. The summed E-state index contributed by atoms with van der Waals surface area (Å²) in [6.07, 6.45) is 0.946. The fourth-order valence-electron chi connectivity index (χ4n) is 3.92. The van der Waals surface area contributed by atoms with Gasteiger partial charge in [0.05, 0.1) is 26.3 Å². The lowest BCUT2D eigenvalue weighted by Crippen LogP contribution is -2.12. The predicted octanol–water partition coefficient (Wildman–Crippen LogP) is 5.38. The number of nitrogens with zero attached hydrogens (tertiary/aromatic N) is 2. The third-order valence-electron chi connectivity index (χ3n) is 5.62. The summed E-state index contributed by atoms with van der Waals surface area (Å²) in [5.74, 6) is 0.828. The van der Waals surface area contributed by atoms with Crippen LogP contribution in [0.1, 0.15) is 17.5 Å². The van der Waals surface area contributed by atoms with E-state index >= 15 is 0 Å². The molecule has 34 heavy (non-hydrogen) atoms. The van der Waals surface area contributed by atoms with Gasteiger partial charge in [0.1, 0.15) is 11.5 Å². The largest absolute Gasteiger partial charge is 0.497 e. The van der Waals surface area contributed by atoms with E-state index in [-0.39, 0.29) is 24.0 Å². The number of carbonyl (C=O) groups excluding carboxylic acids is 1. The lowest BCUT2D eigenvalue weighted by atomic mass is 10.1. The van der Waals surface area contributed by atoms with Crippen LogP contribution in [0.15, 0.2) is 71.9 Å². The number of hydrogen-bond donors (Lipinski definition) is 2. The number of fused-ring (bicyclic) bond motifs is 1. The summed E-state index contributed by atoms with van der Waals surface area (Å²) < 4.78 is 12.2. The Balaban J connectivity index is 1.59. The zero-order valence-electron chi connectivity index (χ0n) is 18.9. The van der Waals surface area contributed by atoms with Gasteiger partial charge in [-0.1, -0.05) is 30.3 Å². The molecule has 8 heteroatoms. The van der Waals surface area contributed by atoms with E-state index in [1.807, 2.05) is 42.5 Å². The lowest BCUT2D eigenvalue weighted by molar-refractivity contribution is -0.116. The van der Waals surface area contributed by atoms with Crippen LogP contribution in [0.25, 0.3) is 10.9 Å². The molecule has 0 atom stereocenters. The zero-order chi connectivity index (χ0) is 24.1. The number of hydrogen-bond acceptors (Lipinski definition) is 6. The standard InChI is InChI=1S/C26H25N3O5/c1-33-20-12-18(13-21(15-20)34-2)16-29-23-10-9-19(14-22(23)25(28-32)26(29)31)27-24(30)11-8-17-6-4-3-5-7-17/h3-7,9-10,12-15,31H,8,11,16H2,1-2H3,(H,27,30). The maximum Gasteiger partial charge on any atom is 0.224 e. The quantitative estimate of drug-likeness (QED) is 0.327. The Morgan fingerprint density at radius 3 is 2.32 bits per heavy atom. The van der Waals surface area contributed by atoms with Gasteiger partial charge in [0.25, 0.3) is 0 Å². The highest BCUT2D eigenvalue weighted by Gasteiger charge is 2.19. The lowest BCUT2D eigenvalue weighted by Gasteiger charge is -2.11. The molecule has 0 aliphatic carbocycles. The normalized spacial score (nSPS) is 10.8. The van der Waals surface area contributed by atoms with Gasteiger partial charge in [-0.15, -0.1) is 4.91 Å². The number of aryl methyl sites for hydroxylation is 1. The van der Waals surface area contributed by atoms with Gasteiger partial charge < -0.3 is 24.5 Å². The monoisotopic (exact) mass is 459 g/mol. The van der Waals surface area contributed by atoms with E-state index in [4.69, 9.17) is 9.47 Å².